The number of hydrogen-bond donors (Lipinski definition) is 4. The molecule has 6 nitrogen and oxygen atoms in total. The van der Waals surface area contributed by atoms with Gasteiger partial charge in [0.1, 0.15) is 18.3 Å². The SMILES string of the molecule is CCC(C)C1OC(CO)C(O)C(O)C1NC(C)=O. The minimum absolute atomic E-state index is 0.0954. The van der Waals surface area contributed by atoms with Crippen LogP contribution in [0.2, 0.25) is 0 Å². The fraction of sp³-hybridized carbons (Fsp3) is 0.917. The summed E-state index contributed by atoms with van der Waals surface area (Å²) in [4.78, 5) is 11.2. The van der Waals surface area contributed by atoms with E-state index >= 15 is 0 Å². The van der Waals surface area contributed by atoms with Gasteiger partial charge in [-0.2, -0.15) is 0 Å². The zero-order chi connectivity index (χ0) is 13.9. The Balaban J connectivity index is 2.90. The fourth-order valence-electron chi connectivity index (χ4n) is 2.27. The topological polar surface area (TPSA) is 99.0 Å². The van der Waals surface area contributed by atoms with Gasteiger partial charge in [-0.15, -0.1) is 0 Å². The molecule has 1 amide bonds. The van der Waals surface area contributed by atoms with Gasteiger partial charge in [0, 0.05) is 6.92 Å². The molecule has 4 N–H and O–H groups in total. The maximum absolute atomic E-state index is 11.2. The first-order chi connectivity index (χ1) is 8.42. The molecule has 1 aliphatic heterocycles. The molecule has 1 saturated heterocycles. The number of carbonyl (C=O) groups is 1. The third-order valence-corrected chi connectivity index (χ3v) is 3.54. The van der Waals surface area contributed by atoms with Gasteiger partial charge < -0.3 is 25.4 Å². The number of ether oxygens (including phenoxy) is 1. The minimum atomic E-state index is -1.20. The molecule has 1 aliphatic rings. The third-order valence-electron chi connectivity index (χ3n) is 3.54. The van der Waals surface area contributed by atoms with Gasteiger partial charge >= 0.3 is 0 Å². The van der Waals surface area contributed by atoms with Crippen molar-refractivity contribution < 1.29 is 24.9 Å². The highest BCUT2D eigenvalue weighted by molar-refractivity contribution is 5.73. The number of aliphatic hydroxyl groups excluding tert-OH is 3. The van der Waals surface area contributed by atoms with E-state index in [0.29, 0.717) is 0 Å². The van der Waals surface area contributed by atoms with Crippen LogP contribution in [0, 0.1) is 5.92 Å². The van der Waals surface area contributed by atoms with Crippen LogP contribution in [0.1, 0.15) is 27.2 Å². The molecule has 6 unspecified atom stereocenters. The van der Waals surface area contributed by atoms with Crippen molar-refractivity contribution in [3.63, 3.8) is 0 Å². The normalized spacial score (nSPS) is 38.2. The number of aliphatic hydroxyl groups is 3. The summed E-state index contributed by atoms with van der Waals surface area (Å²) in [6.07, 6.45) is -2.77. The summed E-state index contributed by atoms with van der Waals surface area (Å²) in [7, 11) is 0. The molecule has 106 valence electrons. The number of amides is 1. The van der Waals surface area contributed by atoms with Crippen LogP contribution in [-0.2, 0) is 9.53 Å². The van der Waals surface area contributed by atoms with Gasteiger partial charge in [0.15, 0.2) is 0 Å². The Kier molecular flexibility index (Phi) is 5.52. The Labute approximate surface area is 107 Å². The summed E-state index contributed by atoms with van der Waals surface area (Å²) < 4.78 is 5.61. The first-order valence-electron chi connectivity index (χ1n) is 6.31. The highest BCUT2D eigenvalue weighted by Gasteiger charge is 2.45. The summed E-state index contributed by atoms with van der Waals surface area (Å²) in [5, 5.41) is 31.6. The lowest BCUT2D eigenvalue weighted by Gasteiger charge is -2.44. The number of hydrogen-bond acceptors (Lipinski definition) is 5. The van der Waals surface area contributed by atoms with Crippen LogP contribution in [0.4, 0.5) is 0 Å². The largest absolute Gasteiger partial charge is 0.394 e. The van der Waals surface area contributed by atoms with Crippen molar-refractivity contribution in [2.45, 2.75) is 57.6 Å². The quantitative estimate of drug-likeness (QED) is 0.521. The molecular formula is C12H23NO5. The molecule has 1 heterocycles. The van der Waals surface area contributed by atoms with Gasteiger partial charge in [0.25, 0.3) is 0 Å². The summed E-state index contributed by atoms with van der Waals surface area (Å²) in [6.45, 7) is 4.91. The zero-order valence-corrected chi connectivity index (χ0v) is 11.0. The van der Waals surface area contributed by atoms with Crippen LogP contribution in [0.3, 0.4) is 0 Å². The Hall–Kier alpha value is -0.690. The second-order valence-corrected chi connectivity index (χ2v) is 4.91. The van der Waals surface area contributed by atoms with E-state index in [-0.39, 0.29) is 18.4 Å². The van der Waals surface area contributed by atoms with E-state index in [9.17, 15) is 15.0 Å². The second-order valence-electron chi connectivity index (χ2n) is 4.91. The zero-order valence-electron chi connectivity index (χ0n) is 11.0. The molecule has 0 aliphatic carbocycles. The first-order valence-corrected chi connectivity index (χ1v) is 6.31. The van der Waals surface area contributed by atoms with Gasteiger partial charge in [-0.1, -0.05) is 20.3 Å². The van der Waals surface area contributed by atoms with E-state index in [0.717, 1.165) is 6.42 Å². The minimum Gasteiger partial charge on any atom is -0.394 e. The molecule has 1 fully saturated rings. The van der Waals surface area contributed by atoms with Crippen LogP contribution in [0.5, 0.6) is 0 Å². The van der Waals surface area contributed by atoms with E-state index < -0.39 is 30.5 Å². The predicted molar refractivity (Wildman–Crippen MR) is 64.8 cm³/mol. The Morgan fingerprint density at radius 1 is 1.39 bits per heavy atom. The summed E-state index contributed by atoms with van der Waals surface area (Å²) >= 11 is 0. The van der Waals surface area contributed by atoms with E-state index in [2.05, 4.69) is 5.32 Å². The predicted octanol–water partition coefficient (Wildman–Crippen LogP) is -0.981. The Bertz CT molecular complexity index is 286. The second kappa shape index (κ2) is 6.47. The monoisotopic (exact) mass is 261 g/mol. The molecule has 6 heteroatoms. The van der Waals surface area contributed by atoms with Crippen LogP contribution in [0.15, 0.2) is 0 Å². The Morgan fingerprint density at radius 2 is 2.00 bits per heavy atom. The summed E-state index contributed by atoms with van der Waals surface area (Å²) in [6, 6.07) is -0.657. The third kappa shape index (κ3) is 3.20. The molecular weight excluding hydrogens is 238 g/mol. The van der Waals surface area contributed by atoms with Crippen LogP contribution in [-0.4, -0.2) is 58.3 Å². The van der Waals surface area contributed by atoms with Crippen LogP contribution < -0.4 is 5.32 Å². The number of carbonyl (C=O) groups excluding carboxylic acids is 1. The highest BCUT2D eigenvalue weighted by atomic mass is 16.5. The van der Waals surface area contributed by atoms with Gasteiger partial charge in [-0.05, 0) is 5.92 Å². The lowest BCUT2D eigenvalue weighted by atomic mass is 9.85. The molecule has 0 aromatic rings. The lowest BCUT2D eigenvalue weighted by Crippen LogP contribution is -2.65. The molecule has 0 aromatic heterocycles. The highest BCUT2D eigenvalue weighted by Crippen LogP contribution is 2.27. The Morgan fingerprint density at radius 3 is 2.44 bits per heavy atom. The van der Waals surface area contributed by atoms with E-state index in [1.165, 1.54) is 6.92 Å². The van der Waals surface area contributed by atoms with E-state index in [1.807, 2.05) is 13.8 Å². The molecule has 0 radical (unpaired) electrons. The average molecular weight is 261 g/mol. The van der Waals surface area contributed by atoms with Gasteiger partial charge in [0.2, 0.25) is 5.91 Å². The van der Waals surface area contributed by atoms with Gasteiger partial charge in [-0.3, -0.25) is 4.79 Å². The molecule has 6 atom stereocenters. The van der Waals surface area contributed by atoms with Crippen molar-refractivity contribution in [1.82, 2.24) is 5.32 Å². The summed E-state index contributed by atoms with van der Waals surface area (Å²) in [5.41, 5.74) is 0. The van der Waals surface area contributed by atoms with Crippen LogP contribution in [0.25, 0.3) is 0 Å². The molecule has 0 saturated carbocycles. The lowest BCUT2D eigenvalue weighted by molar-refractivity contribution is -0.206. The first kappa shape index (κ1) is 15.4. The van der Waals surface area contributed by atoms with Gasteiger partial charge in [-0.25, -0.2) is 0 Å². The average Bonchev–Trinajstić information content (AvgIpc) is 2.34. The van der Waals surface area contributed by atoms with Crippen LogP contribution >= 0.6 is 0 Å². The fourth-order valence-corrected chi connectivity index (χ4v) is 2.27. The molecule has 0 aromatic carbocycles. The molecule has 1 rings (SSSR count). The van der Waals surface area contributed by atoms with E-state index in [1.54, 1.807) is 0 Å². The number of rotatable bonds is 4. The van der Waals surface area contributed by atoms with Gasteiger partial charge in [0.05, 0.1) is 18.8 Å². The van der Waals surface area contributed by atoms with Crippen molar-refractivity contribution in [2.24, 2.45) is 5.92 Å². The van der Waals surface area contributed by atoms with E-state index in [4.69, 9.17) is 9.84 Å². The molecule has 18 heavy (non-hydrogen) atoms. The van der Waals surface area contributed by atoms with Crippen molar-refractivity contribution in [3.8, 4) is 0 Å². The smallest absolute Gasteiger partial charge is 0.217 e. The van der Waals surface area contributed by atoms with Crippen molar-refractivity contribution in [2.75, 3.05) is 6.61 Å². The maximum Gasteiger partial charge on any atom is 0.217 e. The van der Waals surface area contributed by atoms with Crippen molar-refractivity contribution >= 4 is 5.91 Å². The molecule has 0 spiro atoms. The molecule has 0 bridgehead atoms. The summed E-state index contributed by atoms with van der Waals surface area (Å²) in [5.74, 6) is -0.191. The maximum atomic E-state index is 11.2. The van der Waals surface area contributed by atoms with Crippen molar-refractivity contribution in [1.29, 1.82) is 0 Å². The number of nitrogens with one attached hydrogen (secondary N) is 1. The van der Waals surface area contributed by atoms with Crippen molar-refractivity contribution in [3.05, 3.63) is 0 Å². The standard InChI is InChI=1S/C12H23NO5/c1-4-6(2)12-9(13-7(3)15)11(17)10(16)8(5-14)18-12/h6,8-12,14,16-17H,4-5H2,1-3H3,(H,13,15).